The monoisotopic (exact) mass is 607 g/mol. The molecule has 3 aliphatic rings. The zero-order chi connectivity index (χ0) is 26.1. The number of likely N-dealkylation sites (tertiary alicyclic amines) is 1. The van der Waals surface area contributed by atoms with Crippen LogP contribution in [0.1, 0.15) is 58.4 Å². The molecule has 1 aromatic carbocycles. The minimum Gasteiger partial charge on any atom is -0.504 e. The molecule has 1 aromatic rings. The van der Waals surface area contributed by atoms with Crippen LogP contribution in [-0.4, -0.2) is 53.7 Å². The number of aromatic hydroxyl groups is 1. The van der Waals surface area contributed by atoms with Gasteiger partial charge in [0.15, 0.2) is 11.5 Å². The first kappa shape index (κ1) is 27.2. The first-order valence-corrected chi connectivity index (χ1v) is 13.9. The van der Waals surface area contributed by atoms with Crippen LogP contribution < -0.4 is 4.74 Å². The van der Waals surface area contributed by atoms with Gasteiger partial charge in [0.1, 0.15) is 0 Å². The number of halogens is 1. The fourth-order valence-corrected chi connectivity index (χ4v) is 6.79. The molecule has 2 heterocycles. The molecular formula is C27H35BINO6. The number of rotatable bonds is 8. The third-order valence-electron chi connectivity index (χ3n) is 7.81. The number of fused-ring (bicyclic) bond motifs is 3. The SMILES string of the molecule is CCCN1C(=O)[C@@H]2[C@@H](CC(C)=C3[C@@H](CC/C(=C/c4cc(I)c(O)c(OC)c4)CC)OB(O)C[C@@H]32)C1=O. The van der Waals surface area contributed by atoms with E-state index in [1.54, 1.807) is 0 Å². The van der Waals surface area contributed by atoms with Gasteiger partial charge in [0.25, 0.3) is 0 Å². The molecule has 4 atom stereocenters. The van der Waals surface area contributed by atoms with Crippen molar-refractivity contribution in [3.63, 3.8) is 0 Å². The maximum Gasteiger partial charge on any atom is 0.455 e. The number of carbonyl (C=O) groups excluding carboxylic acids is 2. The normalized spacial score (nSPS) is 26.4. The molecule has 0 spiro atoms. The lowest BCUT2D eigenvalue weighted by molar-refractivity contribution is -0.140. The Hall–Kier alpha value is -1.85. The van der Waals surface area contributed by atoms with E-state index in [0.717, 1.165) is 39.5 Å². The zero-order valence-corrected chi connectivity index (χ0v) is 23.6. The molecule has 0 bridgehead atoms. The molecule has 2 aliphatic heterocycles. The molecule has 0 saturated carbocycles. The Kier molecular flexibility index (Phi) is 8.51. The molecule has 2 fully saturated rings. The molecule has 0 aromatic heterocycles. The first-order valence-electron chi connectivity index (χ1n) is 12.8. The van der Waals surface area contributed by atoms with E-state index in [9.17, 15) is 19.7 Å². The summed E-state index contributed by atoms with van der Waals surface area (Å²) >= 11 is 2.09. The van der Waals surface area contributed by atoms with Crippen LogP contribution in [0.4, 0.5) is 0 Å². The number of carbonyl (C=O) groups is 2. The molecule has 0 unspecified atom stereocenters. The van der Waals surface area contributed by atoms with Crippen molar-refractivity contribution >= 4 is 47.6 Å². The molecular weight excluding hydrogens is 572 g/mol. The summed E-state index contributed by atoms with van der Waals surface area (Å²) in [6, 6.07) is 3.74. The molecule has 194 valence electrons. The molecule has 7 nitrogen and oxygen atoms in total. The van der Waals surface area contributed by atoms with Crippen LogP contribution in [0.15, 0.2) is 28.9 Å². The van der Waals surface area contributed by atoms with E-state index >= 15 is 0 Å². The maximum atomic E-state index is 13.3. The minimum atomic E-state index is -0.949. The summed E-state index contributed by atoms with van der Waals surface area (Å²) in [5.41, 5.74) is 4.40. The van der Waals surface area contributed by atoms with Gasteiger partial charge in [-0.2, -0.15) is 0 Å². The van der Waals surface area contributed by atoms with Gasteiger partial charge in [-0.15, -0.1) is 0 Å². The summed E-state index contributed by atoms with van der Waals surface area (Å²) in [6.07, 6.45) is 5.80. The highest BCUT2D eigenvalue weighted by atomic mass is 127. The van der Waals surface area contributed by atoms with Gasteiger partial charge in [0.2, 0.25) is 11.8 Å². The Morgan fingerprint density at radius 1 is 1.28 bits per heavy atom. The zero-order valence-electron chi connectivity index (χ0n) is 21.4. The van der Waals surface area contributed by atoms with Crippen molar-refractivity contribution in [2.24, 2.45) is 17.8 Å². The number of amides is 2. The van der Waals surface area contributed by atoms with Crippen molar-refractivity contribution in [2.75, 3.05) is 13.7 Å². The molecule has 2 N–H and O–H groups in total. The molecule has 36 heavy (non-hydrogen) atoms. The van der Waals surface area contributed by atoms with Gasteiger partial charge >= 0.3 is 7.12 Å². The number of methoxy groups -OCH3 is 1. The van der Waals surface area contributed by atoms with E-state index in [4.69, 9.17) is 9.39 Å². The van der Waals surface area contributed by atoms with Crippen LogP contribution in [0.2, 0.25) is 6.32 Å². The largest absolute Gasteiger partial charge is 0.504 e. The van der Waals surface area contributed by atoms with Crippen molar-refractivity contribution in [2.45, 2.75) is 65.3 Å². The van der Waals surface area contributed by atoms with E-state index in [1.807, 2.05) is 26.0 Å². The van der Waals surface area contributed by atoms with Crippen LogP contribution in [0.5, 0.6) is 11.5 Å². The summed E-state index contributed by atoms with van der Waals surface area (Å²) in [6.45, 7) is 6.59. The number of nitrogens with zero attached hydrogens (tertiary/aromatic N) is 1. The predicted octanol–water partition coefficient (Wildman–Crippen LogP) is 4.81. The van der Waals surface area contributed by atoms with Crippen molar-refractivity contribution < 1.29 is 29.1 Å². The Balaban J connectivity index is 1.56. The molecule has 9 heteroatoms. The van der Waals surface area contributed by atoms with Gasteiger partial charge in [0.05, 0.1) is 28.6 Å². The average molecular weight is 607 g/mol. The lowest BCUT2D eigenvalue weighted by Gasteiger charge is -2.42. The quantitative estimate of drug-likeness (QED) is 0.191. The second-order valence-corrected chi connectivity index (χ2v) is 11.2. The highest BCUT2D eigenvalue weighted by Crippen LogP contribution is 2.50. The number of imide groups is 1. The fraction of sp³-hybridized carbons (Fsp3) is 0.556. The Labute approximate surface area is 227 Å². The second kappa shape index (κ2) is 11.3. The van der Waals surface area contributed by atoms with Crippen LogP contribution >= 0.6 is 22.6 Å². The number of benzene rings is 1. The van der Waals surface area contributed by atoms with Crippen LogP contribution in [0.25, 0.3) is 6.08 Å². The Morgan fingerprint density at radius 3 is 2.69 bits per heavy atom. The predicted molar refractivity (Wildman–Crippen MR) is 147 cm³/mol. The van der Waals surface area contributed by atoms with Gasteiger partial charge in [-0.05, 0) is 97.1 Å². The van der Waals surface area contributed by atoms with Crippen molar-refractivity contribution in [1.29, 1.82) is 0 Å². The molecule has 0 radical (unpaired) electrons. The van der Waals surface area contributed by atoms with E-state index < -0.39 is 13.0 Å². The van der Waals surface area contributed by atoms with Crippen LogP contribution in [-0.2, 0) is 14.2 Å². The van der Waals surface area contributed by atoms with Gasteiger partial charge < -0.3 is 19.5 Å². The number of hydrogen-bond acceptors (Lipinski definition) is 6. The smallest absolute Gasteiger partial charge is 0.455 e. The third kappa shape index (κ3) is 5.11. The number of hydrogen-bond donors (Lipinski definition) is 2. The van der Waals surface area contributed by atoms with Gasteiger partial charge in [-0.3, -0.25) is 14.5 Å². The van der Waals surface area contributed by atoms with Gasteiger partial charge in [0, 0.05) is 6.54 Å². The summed E-state index contributed by atoms with van der Waals surface area (Å²) in [4.78, 5) is 27.7. The standard InChI is InChI=1S/C27H35BINO6/c1-5-9-30-26(32)18-10-15(3)23-19(24(18)27(30)33)14-28(34)36-21(23)8-7-16(6-2)11-17-12-20(29)25(31)22(13-17)35-4/h11-13,18-19,21,24,31,34H,5-10,14H2,1-4H3/b16-11+/t18-,19+,21-,24-/m1/s1. The van der Waals surface area contributed by atoms with Gasteiger partial charge in [-0.25, -0.2) is 0 Å². The van der Waals surface area contributed by atoms with E-state index in [-0.39, 0.29) is 35.5 Å². The third-order valence-corrected chi connectivity index (χ3v) is 8.64. The molecule has 2 saturated heterocycles. The molecule has 4 rings (SSSR count). The molecule has 2 amide bonds. The van der Waals surface area contributed by atoms with Gasteiger partial charge in [-0.1, -0.05) is 31.1 Å². The maximum absolute atomic E-state index is 13.3. The summed E-state index contributed by atoms with van der Waals surface area (Å²) in [5, 5.41) is 20.8. The summed E-state index contributed by atoms with van der Waals surface area (Å²) in [7, 11) is 0.589. The highest BCUT2D eigenvalue weighted by molar-refractivity contribution is 14.1. The fourth-order valence-electron chi connectivity index (χ4n) is 6.17. The number of allylic oxidation sites excluding steroid dienone is 2. The summed E-state index contributed by atoms with van der Waals surface area (Å²) < 4.78 is 12.1. The number of phenolic OH excluding ortho intramolecular Hbond substituents is 1. The minimum absolute atomic E-state index is 0.0575. The lowest BCUT2D eigenvalue weighted by Crippen LogP contribution is -2.46. The topological polar surface area (TPSA) is 96.3 Å². The van der Waals surface area contributed by atoms with Crippen molar-refractivity contribution in [1.82, 2.24) is 4.90 Å². The average Bonchev–Trinajstić information content (AvgIpc) is 3.08. The van der Waals surface area contributed by atoms with Crippen molar-refractivity contribution in [3.8, 4) is 11.5 Å². The number of ether oxygens (including phenoxy) is 1. The van der Waals surface area contributed by atoms with E-state index in [1.165, 1.54) is 17.6 Å². The first-order chi connectivity index (χ1) is 17.2. The van der Waals surface area contributed by atoms with Crippen LogP contribution in [0, 0.1) is 21.3 Å². The number of phenols is 1. The van der Waals surface area contributed by atoms with E-state index in [2.05, 4.69) is 35.6 Å². The second-order valence-electron chi connectivity index (χ2n) is 10.1. The lowest BCUT2D eigenvalue weighted by atomic mass is 9.59. The summed E-state index contributed by atoms with van der Waals surface area (Å²) in [5.74, 6) is -0.432. The Morgan fingerprint density at radius 2 is 2.03 bits per heavy atom. The Bertz CT molecular complexity index is 1100. The van der Waals surface area contributed by atoms with E-state index in [0.29, 0.717) is 31.5 Å². The van der Waals surface area contributed by atoms with Crippen molar-refractivity contribution in [3.05, 3.63) is 38.0 Å². The molecule has 1 aliphatic carbocycles. The van der Waals surface area contributed by atoms with Crippen LogP contribution in [0.3, 0.4) is 0 Å². The highest BCUT2D eigenvalue weighted by Gasteiger charge is 2.56.